The van der Waals surface area contributed by atoms with Crippen molar-refractivity contribution in [3.63, 3.8) is 0 Å². The number of sulfonamides is 1. The van der Waals surface area contributed by atoms with Crippen LogP contribution < -0.4 is 5.32 Å². The van der Waals surface area contributed by atoms with E-state index in [1.165, 1.54) is 19.2 Å². The van der Waals surface area contributed by atoms with E-state index in [0.29, 0.717) is 0 Å². The number of anilines is 1. The van der Waals surface area contributed by atoms with Gasteiger partial charge in [-0.25, -0.2) is 8.42 Å². The number of likely N-dealkylation sites (N-methyl/N-ethyl adjacent to an activating group) is 1. The van der Waals surface area contributed by atoms with Crippen LogP contribution in [-0.2, 0) is 27.7 Å². The molecule has 27 heavy (non-hydrogen) atoms. The fraction of sp³-hybridized carbons (Fsp3) is 0.316. The van der Waals surface area contributed by atoms with Crippen molar-refractivity contribution in [3.05, 3.63) is 56.5 Å². The molecule has 1 N–H and O–H groups in total. The molecular formula is C19H22Br2N2O3S. The standard InChI is InChI=1S/C19H22Br2N2O3S/c1-4-13-10-16(21)11-14(5-2)19(13)22-18(24)12-23(3)27(25,26)17-8-6-15(20)7-9-17/h6-11H,4-5,12H2,1-3H3,(H,22,24). The molecule has 8 heteroatoms. The Morgan fingerprint density at radius 1 is 1.00 bits per heavy atom. The van der Waals surface area contributed by atoms with Crippen LogP contribution in [-0.4, -0.2) is 32.2 Å². The number of halogens is 2. The van der Waals surface area contributed by atoms with Gasteiger partial charge in [0.25, 0.3) is 0 Å². The van der Waals surface area contributed by atoms with Crippen molar-refractivity contribution in [3.8, 4) is 0 Å². The van der Waals surface area contributed by atoms with E-state index in [9.17, 15) is 13.2 Å². The van der Waals surface area contributed by atoms with Crippen molar-refractivity contribution < 1.29 is 13.2 Å². The van der Waals surface area contributed by atoms with Crippen molar-refractivity contribution in [1.82, 2.24) is 4.31 Å². The summed E-state index contributed by atoms with van der Waals surface area (Å²) in [6.45, 7) is 3.77. The van der Waals surface area contributed by atoms with E-state index in [-0.39, 0.29) is 17.3 Å². The Kier molecular flexibility index (Phi) is 7.62. The summed E-state index contributed by atoms with van der Waals surface area (Å²) >= 11 is 6.77. The molecule has 2 aromatic carbocycles. The Labute approximate surface area is 177 Å². The molecule has 0 heterocycles. The predicted molar refractivity (Wildman–Crippen MR) is 115 cm³/mol. The van der Waals surface area contributed by atoms with Crippen LogP contribution in [0, 0.1) is 0 Å². The van der Waals surface area contributed by atoms with E-state index in [4.69, 9.17) is 0 Å². The highest BCUT2D eigenvalue weighted by atomic mass is 79.9. The van der Waals surface area contributed by atoms with Crippen LogP contribution in [0.2, 0.25) is 0 Å². The van der Waals surface area contributed by atoms with E-state index >= 15 is 0 Å². The van der Waals surface area contributed by atoms with Crippen molar-refractivity contribution in [2.24, 2.45) is 0 Å². The van der Waals surface area contributed by atoms with Gasteiger partial charge < -0.3 is 5.32 Å². The molecule has 0 spiro atoms. The summed E-state index contributed by atoms with van der Waals surface area (Å²) in [5.74, 6) is -0.370. The summed E-state index contributed by atoms with van der Waals surface area (Å²) < 4.78 is 28.1. The number of hydrogen-bond donors (Lipinski definition) is 1. The quantitative estimate of drug-likeness (QED) is 0.583. The van der Waals surface area contributed by atoms with Gasteiger partial charge in [0, 0.05) is 21.7 Å². The van der Waals surface area contributed by atoms with E-state index in [1.807, 2.05) is 26.0 Å². The lowest BCUT2D eigenvalue weighted by Gasteiger charge is -2.19. The Balaban J connectivity index is 2.19. The van der Waals surface area contributed by atoms with Crippen LogP contribution in [0.25, 0.3) is 0 Å². The Morgan fingerprint density at radius 3 is 2.00 bits per heavy atom. The van der Waals surface area contributed by atoms with Crippen LogP contribution in [0.5, 0.6) is 0 Å². The highest BCUT2D eigenvalue weighted by Crippen LogP contribution is 2.27. The van der Waals surface area contributed by atoms with E-state index in [0.717, 1.165) is 42.9 Å². The van der Waals surface area contributed by atoms with Crippen LogP contribution in [0.3, 0.4) is 0 Å². The fourth-order valence-corrected chi connectivity index (χ4v) is 4.64. The monoisotopic (exact) mass is 516 g/mol. The second-order valence-electron chi connectivity index (χ2n) is 6.07. The highest BCUT2D eigenvalue weighted by molar-refractivity contribution is 9.10. The second kappa shape index (κ2) is 9.32. The normalized spacial score (nSPS) is 11.6. The minimum atomic E-state index is -3.74. The van der Waals surface area contributed by atoms with Gasteiger partial charge in [-0.1, -0.05) is 45.7 Å². The molecule has 146 valence electrons. The van der Waals surface area contributed by atoms with Gasteiger partial charge in [0.1, 0.15) is 0 Å². The van der Waals surface area contributed by atoms with Gasteiger partial charge in [-0.2, -0.15) is 4.31 Å². The lowest BCUT2D eigenvalue weighted by Crippen LogP contribution is -2.35. The van der Waals surface area contributed by atoms with Crippen molar-refractivity contribution >= 4 is 53.5 Å². The SMILES string of the molecule is CCc1cc(Br)cc(CC)c1NC(=O)CN(C)S(=O)(=O)c1ccc(Br)cc1. The molecule has 5 nitrogen and oxygen atoms in total. The molecule has 0 aromatic heterocycles. The molecule has 0 radical (unpaired) electrons. The first kappa shape index (κ1) is 22.1. The van der Waals surface area contributed by atoms with Gasteiger partial charge in [0.2, 0.25) is 15.9 Å². The van der Waals surface area contributed by atoms with Crippen LogP contribution in [0.15, 0.2) is 50.2 Å². The van der Waals surface area contributed by atoms with Crippen LogP contribution in [0.4, 0.5) is 5.69 Å². The topological polar surface area (TPSA) is 66.5 Å². The van der Waals surface area contributed by atoms with Gasteiger partial charge in [0.05, 0.1) is 11.4 Å². The molecule has 2 rings (SSSR count). The smallest absolute Gasteiger partial charge is 0.243 e. The zero-order chi connectivity index (χ0) is 20.2. The van der Waals surface area contributed by atoms with Crippen LogP contribution in [0.1, 0.15) is 25.0 Å². The average Bonchev–Trinajstić information content (AvgIpc) is 2.62. The zero-order valence-electron chi connectivity index (χ0n) is 15.4. The maximum Gasteiger partial charge on any atom is 0.243 e. The number of hydrogen-bond acceptors (Lipinski definition) is 3. The van der Waals surface area contributed by atoms with Crippen LogP contribution >= 0.6 is 31.9 Å². The van der Waals surface area contributed by atoms with E-state index in [1.54, 1.807) is 12.1 Å². The van der Waals surface area contributed by atoms with Gasteiger partial charge in [-0.15, -0.1) is 0 Å². The van der Waals surface area contributed by atoms with E-state index in [2.05, 4.69) is 37.2 Å². The molecule has 0 unspecified atom stereocenters. The molecular weight excluding hydrogens is 496 g/mol. The number of nitrogens with one attached hydrogen (secondary N) is 1. The van der Waals surface area contributed by atoms with Crippen molar-refractivity contribution in [2.45, 2.75) is 31.6 Å². The maximum absolute atomic E-state index is 12.6. The van der Waals surface area contributed by atoms with E-state index < -0.39 is 10.0 Å². The second-order valence-corrected chi connectivity index (χ2v) is 9.95. The predicted octanol–water partition coefficient (Wildman–Crippen LogP) is 4.60. The molecule has 1 amide bonds. The lowest BCUT2D eigenvalue weighted by molar-refractivity contribution is -0.116. The number of aryl methyl sites for hydroxylation is 2. The van der Waals surface area contributed by atoms with Crippen molar-refractivity contribution in [1.29, 1.82) is 0 Å². The Bertz CT molecular complexity index is 903. The summed E-state index contributed by atoms with van der Waals surface area (Å²) in [7, 11) is -2.33. The number of rotatable bonds is 7. The third-order valence-electron chi connectivity index (χ3n) is 4.18. The molecule has 0 aliphatic rings. The number of benzene rings is 2. The number of carbonyl (C=O) groups is 1. The minimum absolute atomic E-state index is 0.146. The molecule has 0 saturated carbocycles. The summed E-state index contributed by atoms with van der Waals surface area (Å²) in [6.07, 6.45) is 1.52. The summed E-state index contributed by atoms with van der Waals surface area (Å²) in [5, 5.41) is 2.90. The first-order chi connectivity index (χ1) is 12.7. The first-order valence-corrected chi connectivity index (χ1v) is 11.5. The summed E-state index contributed by atoms with van der Waals surface area (Å²) in [6, 6.07) is 10.3. The third-order valence-corrected chi connectivity index (χ3v) is 6.98. The molecule has 2 aromatic rings. The molecule has 0 saturated heterocycles. The number of amides is 1. The lowest BCUT2D eigenvalue weighted by atomic mass is 10.0. The van der Waals surface area contributed by atoms with Gasteiger partial charge in [0.15, 0.2) is 0 Å². The van der Waals surface area contributed by atoms with Crippen molar-refractivity contribution in [2.75, 3.05) is 18.9 Å². The average molecular weight is 518 g/mol. The number of nitrogens with zero attached hydrogens (tertiary/aromatic N) is 1. The molecule has 0 bridgehead atoms. The Hall–Kier alpha value is -1.22. The van der Waals surface area contributed by atoms with Gasteiger partial charge in [-0.3, -0.25) is 4.79 Å². The third kappa shape index (κ3) is 5.40. The Morgan fingerprint density at radius 2 is 1.52 bits per heavy atom. The molecule has 0 fully saturated rings. The summed E-state index contributed by atoms with van der Waals surface area (Å²) in [4.78, 5) is 12.7. The zero-order valence-corrected chi connectivity index (χ0v) is 19.4. The largest absolute Gasteiger partial charge is 0.324 e. The first-order valence-electron chi connectivity index (χ1n) is 8.52. The highest BCUT2D eigenvalue weighted by Gasteiger charge is 2.23. The molecule has 0 aliphatic heterocycles. The minimum Gasteiger partial charge on any atom is -0.324 e. The molecule has 0 aliphatic carbocycles. The maximum atomic E-state index is 12.6. The molecule has 0 atom stereocenters. The number of carbonyl (C=O) groups excluding carboxylic acids is 1. The van der Waals surface area contributed by atoms with Gasteiger partial charge >= 0.3 is 0 Å². The fourth-order valence-electron chi connectivity index (χ4n) is 2.70. The van der Waals surface area contributed by atoms with Gasteiger partial charge in [-0.05, 0) is 60.4 Å². The summed E-state index contributed by atoms with van der Waals surface area (Å²) in [5.41, 5.74) is 2.78.